The molecule has 0 bridgehead atoms. The molecule has 1 atom stereocenters. The van der Waals surface area contributed by atoms with Gasteiger partial charge >= 0.3 is 5.97 Å². The second-order valence-corrected chi connectivity index (χ2v) is 5.04. The number of rotatable bonds is 2. The van der Waals surface area contributed by atoms with E-state index in [1.165, 1.54) is 17.0 Å². The Balaban J connectivity index is 1.94. The van der Waals surface area contributed by atoms with Crippen LogP contribution in [-0.4, -0.2) is 39.7 Å². The van der Waals surface area contributed by atoms with E-state index >= 15 is 0 Å². The molecule has 3 rings (SSSR count). The van der Waals surface area contributed by atoms with Crippen molar-refractivity contribution in [3.8, 4) is 0 Å². The Bertz CT molecular complexity index is 682. The number of benzene rings is 1. The molecule has 108 valence electrons. The average molecular weight is 288 g/mol. The number of imide groups is 1. The monoisotopic (exact) mass is 288 g/mol. The van der Waals surface area contributed by atoms with Crippen molar-refractivity contribution in [2.45, 2.75) is 25.4 Å². The third-order valence-corrected chi connectivity index (χ3v) is 3.81. The zero-order valence-electron chi connectivity index (χ0n) is 11.0. The molecule has 0 aliphatic carbocycles. The molecule has 1 aromatic rings. The average Bonchev–Trinajstić information content (AvgIpc) is 2.76. The van der Waals surface area contributed by atoms with E-state index in [0.29, 0.717) is 11.1 Å². The van der Waals surface area contributed by atoms with E-state index in [1.54, 1.807) is 6.07 Å². The Kier molecular flexibility index (Phi) is 2.97. The Morgan fingerprint density at radius 3 is 2.71 bits per heavy atom. The van der Waals surface area contributed by atoms with Gasteiger partial charge in [-0.1, -0.05) is 6.07 Å². The van der Waals surface area contributed by atoms with E-state index < -0.39 is 17.9 Å². The number of hydrogen-bond donors (Lipinski definition) is 2. The number of carbonyl (C=O) groups excluding carboxylic acids is 3. The maximum Gasteiger partial charge on any atom is 0.336 e. The van der Waals surface area contributed by atoms with Gasteiger partial charge in [0.2, 0.25) is 11.8 Å². The molecular weight excluding hydrogens is 276 g/mol. The lowest BCUT2D eigenvalue weighted by Gasteiger charge is -2.29. The van der Waals surface area contributed by atoms with Crippen molar-refractivity contribution >= 4 is 23.7 Å². The summed E-state index contributed by atoms with van der Waals surface area (Å²) >= 11 is 0. The van der Waals surface area contributed by atoms with Gasteiger partial charge in [-0.15, -0.1) is 0 Å². The molecule has 2 heterocycles. The highest BCUT2D eigenvalue weighted by Gasteiger charge is 2.40. The number of carbonyl (C=O) groups is 4. The van der Waals surface area contributed by atoms with Gasteiger partial charge in [-0.25, -0.2) is 4.79 Å². The van der Waals surface area contributed by atoms with Crippen LogP contribution in [0.1, 0.15) is 39.1 Å². The third-order valence-electron chi connectivity index (χ3n) is 3.81. The third kappa shape index (κ3) is 2.06. The van der Waals surface area contributed by atoms with Crippen LogP contribution in [0.2, 0.25) is 0 Å². The van der Waals surface area contributed by atoms with Crippen molar-refractivity contribution < 1.29 is 24.3 Å². The first kappa shape index (κ1) is 13.3. The molecule has 0 radical (unpaired) electrons. The van der Waals surface area contributed by atoms with Gasteiger partial charge in [0.25, 0.3) is 5.91 Å². The molecule has 1 unspecified atom stereocenters. The van der Waals surface area contributed by atoms with Crippen molar-refractivity contribution in [1.82, 2.24) is 10.2 Å². The minimum absolute atomic E-state index is 0.0654. The Morgan fingerprint density at radius 1 is 1.29 bits per heavy atom. The molecule has 2 aliphatic heterocycles. The largest absolute Gasteiger partial charge is 0.478 e. The van der Waals surface area contributed by atoms with Crippen LogP contribution in [0.4, 0.5) is 0 Å². The number of carboxylic acids is 1. The number of carboxylic acid groups (broad SMARTS) is 1. The number of piperidine rings is 1. The van der Waals surface area contributed by atoms with Gasteiger partial charge in [0.15, 0.2) is 0 Å². The van der Waals surface area contributed by atoms with Gasteiger partial charge in [0.05, 0.1) is 5.56 Å². The van der Waals surface area contributed by atoms with E-state index in [9.17, 15) is 19.2 Å². The highest BCUT2D eigenvalue weighted by atomic mass is 16.4. The van der Waals surface area contributed by atoms with Crippen LogP contribution in [-0.2, 0) is 16.1 Å². The summed E-state index contributed by atoms with van der Waals surface area (Å²) < 4.78 is 0. The Morgan fingerprint density at radius 2 is 2.05 bits per heavy atom. The topological polar surface area (TPSA) is 104 Å². The quantitative estimate of drug-likeness (QED) is 0.754. The van der Waals surface area contributed by atoms with Crippen LogP contribution in [0.5, 0.6) is 0 Å². The zero-order valence-corrected chi connectivity index (χ0v) is 11.0. The number of amides is 3. The summed E-state index contributed by atoms with van der Waals surface area (Å²) in [6.45, 7) is 0.0723. The maximum absolute atomic E-state index is 12.4. The standard InChI is InChI=1S/C14H12N2O5/c17-11-5-4-10(12(18)15-11)16-6-9-7(13(16)19)2-1-3-8(9)14(20)21/h1-3,10H,4-6H2,(H,20,21)(H,15,17,18). The van der Waals surface area contributed by atoms with Gasteiger partial charge in [0.1, 0.15) is 6.04 Å². The molecule has 7 heteroatoms. The first-order valence-electron chi connectivity index (χ1n) is 6.49. The van der Waals surface area contributed by atoms with E-state index in [0.717, 1.165) is 0 Å². The summed E-state index contributed by atoms with van der Waals surface area (Å²) in [4.78, 5) is 47.9. The fourth-order valence-electron chi connectivity index (χ4n) is 2.79. The SMILES string of the molecule is O=C1CCC(N2Cc3c(C(=O)O)cccc3C2=O)C(=O)N1. The molecule has 1 fully saturated rings. The molecule has 2 N–H and O–H groups in total. The first-order valence-corrected chi connectivity index (χ1v) is 6.49. The van der Waals surface area contributed by atoms with Crippen LogP contribution in [0.15, 0.2) is 18.2 Å². The van der Waals surface area contributed by atoms with Gasteiger partial charge in [-0.3, -0.25) is 19.7 Å². The summed E-state index contributed by atoms with van der Waals surface area (Å²) in [5.41, 5.74) is 0.787. The lowest BCUT2D eigenvalue weighted by atomic mass is 10.0. The van der Waals surface area contributed by atoms with Gasteiger partial charge in [-0.2, -0.15) is 0 Å². The van der Waals surface area contributed by atoms with E-state index in [1.807, 2.05) is 0 Å². The van der Waals surface area contributed by atoms with Gasteiger partial charge in [0, 0.05) is 18.5 Å². The van der Waals surface area contributed by atoms with Crippen LogP contribution in [0.3, 0.4) is 0 Å². The van der Waals surface area contributed by atoms with E-state index in [4.69, 9.17) is 5.11 Å². The summed E-state index contributed by atoms with van der Waals surface area (Å²) in [5.74, 6) is -2.34. The van der Waals surface area contributed by atoms with Crippen LogP contribution < -0.4 is 5.32 Å². The second kappa shape index (κ2) is 4.69. The number of aromatic carboxylic acids is 1. The minimum Gasteiger partial charge on any atom is -0.478 e. The molecule has 7 nitrogen and oxygen atoms in total. The van der Waals surface area contributed by atoms with Crippen molar-refractivity contribution in [2.24, 2.45) is 0 Å². The fourth-order valence-corrected chi connectivity index (χ4v) is 2.79. The molecule has 1 saturated heterocycles. The number of nitrogens with one attached hydrogen (secondary N) is 1. The van der Waals surface area contributed by atoms with E-state index in [-0.39, 0.29) is 36.8 Å². The molecule has 0 aromatic heterocycles. The molecule has 21 heavy (non-hydrogen) atoms. The van der Waals surface area contributed by atoms with Crippen molar-refractivity contribution in [1.29, 1.82) is 0 Å². The van der Waals surface area contributed by atoms with Gasteiger partial charge in [-0.05, 0) is 24.1 Å². The normalized spacial score (nSPS) is 21.2. The first-order chi connectivity index (χ1) is 9.99. The minimum atomic E-state index is -1.11. The smallest absolute Gasteiger partial charge is 0.336 e. The lowest BCUT2D eigenvalue weighted by Crippen LogP contribution is -2.52. The van der Waals surface area contributed by atoms with Crippen LogP contribution in [0, 0.1) is 0 Å². The van der Waals surface area contributed by atoms with Crippen LogP contribution in [0.25, 0.3) is 0 Å². The summed E-state index contributed by atoms with van der Waals surface area (Å²) in [6.07, 6.45) is 0.426. The highest BCUT2D eigenvalue weighted by molar-refractivity contribution is 6.07. The van der Waals surface area contributed by atoms with Crippen molar-refractivity contribution in [3.63, 3.8) is 0 Å². The Labute approximate surface area is 119 Å². The van der Waals surface area contributed by atoms with Crippen molar-refractivity contribution in [2.75, 3.05) is 0 Å². The van der Waals surface area contributed by atoms with E-state index in [2.05, 4.69) is 5.32 Å². The molecule has 2 aliphatic rings. The second-order valence-electron chi connectivity index (χ2n) is 5.04. The molecule has 0 spiro atoms. The predicted octanol–water partition coefficient (Wildman–Crippen LogP) is 0.146. The molecule has 1 aromatic carbocycles. The van der Waals surface area contributed by atoms with Gasteiger partial charge < -0.3 is 10.0 Å². The summed E-state index contributed by atoms with van der Waals surface area (Å²) in [6, 6.07) is 3.76. The number of fused-ring (bicyclic) bond motifs is 1. The number of hydrogen-bond acceptors (Lipinski definition) is 4. The molecule has 3 amide bonds. The summed E-state index contributed by atoms with van der Waals surface area (Å²) in [7, 11) is 0. The Hall–Kier alpha value is -2.70. The number of nitrogens with zero attached hydrogens (tertiary/aromatic N) is 1. The lowest BCUT2D eigenvalue weighted by molar-refractivity contribution is -0.136. The highest BCUT2D eigenvalue weighted by Crippen LogP contribution is 2.29. The molecular formula is C14H12N2O5. The zero-order chi connectivity index (χ0) is 15.1. The van der Waals surface area contributed by atoms with Crippen molar-refractivity contribution in [3.05, 3.63) is 34.9 Å². The fraction of sp³-hybridized carbons (Fsp3) is 0.286. The summed E-state index contributed by atoms with van der Waals surface area (Å²) in [5, 5.41) is 11.4. The predicted molar refractivity (Wildman–Crippen MR) is 69.4 cm³/mol. The maximum atomic E-state index is 12.4. The molecule has 0 saturated carbocycles. The van der Waals surface area contributed by atoms with Crippen LogP contribution >= 0.6 is 0 Å².